The van der Waals surface area contributed by atoms with Gasteiger partial charge in [-0.3, -0.25) is 9.79 Å². The number of guanidine groups is 1. The molecule has 0 atom stereocenters. The van der Waals surface area contributed by atoms with Gasteiger partial charge in [0.1, 0.15) is 5.75 Å². The fraction of sp³-hybridized carbons (Fsp3) is 0.391. The molecule has 0 aliphatic carbocycles. The highest BCUT2D eigenvalue weighted by atomic mass is 16.5. The molecule has 0 fully saturated rings. The fourth-order valence-corrected chi connectivity index (χ4v) is 2.84. The van der Waals surface area contributed by atoms with E-state index in [0.717, 1.165) is 36.8 Å². The standard InChI is InChI=1S/C23H33N5O2/c1-24-23(26-13-12-18-8-10-21(30-4)11-9-18)27-17-19-6-5-7-20(16-19)22(29)25-14-15-28(2)3/h5-11,16H,12-15,17H2,1-4H3,(H,25,29)(H2,24,26,27). The SMILES string of the molecule is CN=C(NCCc1ccc(OC)cc1)NCc1cccc(C(=O)NCCN(C)C)c1. The van der Waals surface area contributed by atoms with Crippen molar-refractivity contribution in [2.75, 3.05) is 47.9 Å². The van der Waals surface area contributed by atoms with Gasteiger partial charge in [0, 0.05) is 38.8 Å². The first-order chi connectivity index (χ1) is 14.5. The molecule has 2 aromatic rings. The van der Waals surface area contributed by atoms with Gasteiger partial charge in [-0.2, -0.15) is 0 Å². The molecule has 0 radical (unpaired) electrons. The van der Waals surface area contributed by atoms with E-state index in [-0.39, 0.29) is 5.91 Å². The van der Waals surface area contributed by atoms with Crippen LogP contribution >= 0.6 is 0 Å². The first-order valence-corrected chi connectivity index (χ1v) is 10.1. The molecule has 162 valence electrons. The molecule has 0 unspecified atom stereocenters. The minimum atomic E-state index is -0.0549. The number of carbonyl (C=O) groups excluding carboxylic acids is 1. The van der Waals surface area contributed by atoms with Crippen LogP contribution in [0.5, 0.6) is 5.75 Å². The lowest BCUT2D eigenvalue weighted by Gasteiger charge is -2.13. The quantitative estimate of drug-likeness (QED) is 0.411. The van der Waals surface area contributed by atoms with Gasteiger partial charge in [-0.05, 0) is 55.9 Å². The van der Waals surface area contributed by atoms with Gasteiger partial charge in [0.15, 0.2) is 5.96 Å². The lowest BCUT2D eigenvalue weighted by Crippen LogP contribution is -2.37. The summed E-state index contributed by atoms with van der Waals surface area (Å²) in [5.41, 5.74) is 2.91. The molecule has 0 saturated heterocycles. The maximum Gasteiger partial charge on any atom is 0.251 e. The first kappa shape index (κ1) is 23.2. The Hall–Kier alpha value is -3.06. The number of amides is 1. The molecule has 0 saturated carbocycles. The van der Waals surface area contributed by atoms with Crippen molar-refractivity contribution in [2.45, 2.75) is 13.0 Å². The van der Waals surface area contributed by atoms with Crippen LogP contribution in [0.25, 0.3) is 0 Å². The Balaban J connectivity index is 1.79. The molecule has 0 bridgehead atoms. The number of nitrogens with one attached hydrogen (secondary N) is 3. The number of ether oxygens (including phenoxy) is 1. The van der Waals surface area contributed by atoms with Gasteiger partial charge in [0.2, 0.25) is 0 Å². The van der Waals surface area contributed by atoms with Crippen molar-refractivity contribution in [3.05, 3.63) is 65.2 Å². The highest BCUT2D eigenvalue weighted by molar-refractivity contribution is 5.94. The number of carbonyl (C=O) groups is 1. The number of likely N-dealkylation sites (N-methyl/N-ethyl adjacent to an activating group) is 1. The summed E-state index contributed by atoms with van der Waals surface area (Å²) in [6.07, 6.45) is 0.882. The Morgan fingerprint density at radius 3 is 2.43 bits per heavy atom. The molecule has 0 aromatic heterocycles. The maximum atomic E-state index is 12.3. The van der Waals surface area contributed by atoms with Gasteiger partial charge in [-0.15, -0.1) is 0 Å². The molecule has 0 spiro atoms. The summed E-state index contributed by atoms with van der Waals surface area (Å²) < 4.78 is 5.18. The Kier molecular flexibility index (Phi) is 9.67. The molecular weight excluding hydrogens is 378 g/mol. The molecule has 30 heavy (non-hydrogen) atoms. The largest absolute Gasteiger partial charge is 0.497 e. The van der Waals surface area contributed by atoms with Gasteiger partial charge in [-0.25, -0.2) is 0 Å². The second-order valence-corrected chi connectivity index (χ2v) is 7.21. The highest BCUT2D eigenvalue weighted by Gasteiger charge is 2.06. The van der Waals surface area contributed by atoms with Crippen LogP contribution in [0.4, 0.5) is 0 Å². The van der Waals surface area contributed by atoms with Crippen molar-refractivity contribution < 1.29 is 9.53 Å². The normalized spacial score (nSPS) is 11.3. The number of aliphatic imine (C=N–C) groups is 1. The van der Waals surface area contributed by atoms with Crippen molar-refractivity contribution in [3.8, 4) is 5.75 Å². The summed E-state index contributed by atoms with van der Waals surface area (Å²) in [5.74, 6) is 1.53. The average molecular weight is 412 g/mol. The zero-order valence-electron chi connectivity index (χ0n) is 18.4. The number of hydrogen-bond acceptors (Lipinski definition) is 4. The third-order valence-electron chi connectivity index (χ3n) is 4.58. The van der Waals surface area contributed by atoms with Gasteiger partial charge in [-0.1, -0.05) is 24.3 Å². The molecule has 3 N–H and O–H groups in total. The van der Waals surface area contributed by atoms with Crippen molar-refractivity contribution in [2.24, 2.45) is 4.99 Å². The van der Waals surface area contributed by atoms with Crippen LogP contribution in [0.3, 0.4) is 0 Å². The van der Waals surface area contributed by atoms with Crippen molar-refractivity contribution in [3.63, 3.8) is 0 Å². The van der Waals surface area contributed by atoms with Crippen LogP contribution in [-0.2, 0) is 13.0 Å². The van der Waals surface area contributed by atoms with Crippen molar-refractivity contribution >= 4 is 11.9 Å². The minimum Gasteiger partial charge on any atom is -0.497 e. The Bertz CT molecular complexity index is 819. The number of nitrogens with zero attached hydrogens (tertiary/aromatic N) is 2. The Morgan fingerprint density at radius 1 is 1.00 bits per heavy atom. The van der Waals surface area contributed by atoms with E-state index in [9.17, 15) is 4.79 Å². The summed E-state index contributed by atoms with van der Waals surface area (Å²) in [6, 6.07) is 15.7. The third kappa shape index (κ3) is 8.13. The molecule has 7 nitrogen and oxygen atoms in total. The topological polar surface area (TPSA) is 78.0 Å². The van der Waals surface area contributed by atoms with E-state index in [1.165, 1.54) is 5.56 Å². The van der Waals surface area contributed by atoms with E-state index >= 15 is 0 Å². The molecule has 1 amide bonds. The lowest BCUT2D eigenvalue weighted by atomic mass is 10.1. The second kappa shape index (κ2) is 12.5. The van der Waals surface area contributed by atoms with E-state index in [4.69, 9.17) is 4.74 Å². The summed E-state index contributed by atoms with van der Waals surface area (Å²) in [7, 11) is 7.38. The predicted molar refractivity (Wildman–Crippen MR) is 122 cm³/mol. The van der Waals surface area contributed by atoms with Crippen LogP contribution < -0.4 is 20.7 Å². The summed E-state index contributed by atoms with van der Waals surface area (Å²) in [6.45, 7) is 2.78. The summed E-state index contributed by atoms with van der Waals surface area (Å²) in [4.78, 5) is 18.6. The van der Waals surface area contributed by atoms with Gasteiger partial charge < -0.3 is 25.6 Å². The van der Waals surface area contributed by atoms with E-state index in [2.05, 4.69) is 33.1 Å². The monoisotopic (exact) mass is 411 g/mol. The average Bonchev–Trinajstić information content (AvgIpc) is 2.76. The second-order valence-electron chi connectivity index (χ2n) is 7.21. The zero-order valence-corrected chi connectivity index (χ0v) is 18.4. The van der Waals surface area contributed by atoms with Crippen molar-refractivity contribution in [1.82, 2.24) is 20.9 Å². The van der Waals surface area contributed by atoms with E-state index in [1.54, 1.807) is 14.2 Å². The first-order valence-electron chi connectivity index (χ1n) is 10.1. The van der Waals surface area contributed by atoms with Crippen molar-refractivity contribution in [1.29, 1.82) is 0 Å². The smallest absolute Gasteiger partial charge is 0.251 e. The maximum absolute atomic E-state index is 12.3. The third-order valence-corrected chi connectivity index (χ3v) is 4.58. The highest BCUT2D eigenvalue weighted by Crippen LogP contribution is 2.11. The van der Waals surface area contributed by atoms with Gasteiger partial charge in [0.25, 0.3) is 5.91 Å². The molecule has 0 aliphatic rings. The summed E-state index contributed by atoms with van der Waals surface area (Å²) in [5, 5.41) is 9.55. The van der Waals surface area contributed by atoms with Gasteiger partial charge >= 0.3 is 0 Å². The number of rotatable bonds is 10. The fourth-order valence-electron chi connectivity index (χ4n) is 2.84. The summed E-state index contributed by atoms with van der Waals surface area (Å²) >= 11 is 0. The molecule has 7 heteroatoms. The van der Waals surface area contributed by atoms with Crippen LogP contribution in [0.1, 0.15) is 21.5 Å². The van der Waals surface area contributed by atoms with E-state index in [0.29, 0.717) is 18.7 Å². The molecule has 0 aliphatic heterocycles. The van der Waals surface area contributed by atoms with E-state index < -0.39 is 0 Å². The number of hydrogen-bond donors (Lipinski definition) is 3. The zero-order chi connectivity index (χ0) is 21.8. The van der Waals surface area contributed by atoms with Gasteiger partial charge in [0.05, 0.1) is 7.11 Å². The van der Waals surface area contributed by atoms with Crippen LogP contribution in [0, 0.1) is 0 Å². The molecule has 2 rings (SSSR count). The number of methoxy groups -OCH3 is 1. The predicted octanol–water partition coefficient (Wildman–Crippen LogP) is 1.89. The van der Waals surface area contributed by atoms with E-state index in [1.807, 2.05) is 55.4 Å². The minimum absolute atomic E-state index is 0.0549. The number of benzene rings is 2. The lowest BCUT2D eigenvalue weighted by molar-refractivity contribution is 0.0951. The van der Waals surface area contributed by atoms with Crippen LogP contribution in [0.2, 0.25) is 0 Å². The molecule has 2 aromatic carbocycles. The Morgan fingerprint density at radius 2 is 1.77 bits per heavy atom. The molecule has 0 heterocycles. The van der Waals surface area contributed by atoms with Crippen LogP contribution in [0.15, 0.2) is 53.5 Å². The molecular formula is C23H33N5O2. The van der Waals surface area contributed by atoms with Crippen LogP contribution in [-0.4, -0.2) is 64.7 Å². The Labute approximate surface area is 179 Å².